The molecule has 0 aromatic heterocycles. The summed E-state index contributed by atoms with van der Waals surface area (Å²) in [5.41, 5.74) is -1.48. The van der Waals surface area contributed by atoms with Gasteiger partial charge in [-0.05, 0) is 30.9 Å². The van der Waals surface area contributed by atoms with E-state index in [9.17, 15) is 35.9 Å². The average molecular weight is 382 g/mol. The fourth-order valence-electron chi connectivity index (χ4n) is 2.76. The van der Waals surface area contributed by atoms with Crippen molar-refractivity contribution in [2.24, 2.45) is 5.92 Å². The molecule has 0 atom stereocenters. The Kier molecular flexibility index (Phi) is 5.82. The smallest absolute Gasteiger partial charge is 0.348 e. The maximum absolute atomic E-state index is 13.0. The topological polar surface area (TPSA) is 49.4 Å². The molecule has 1 aliphatic heterocycles. The van der Waals surface area contributed by atoms with Crippen molar-refractivity contribution in [2.75, 3.05) is 19.6 Å². The van der Waals surface area contributed by atoms with Gasteiger partial charge in [-0.2, -0.15) is 26.3 Å². The largest absolute Gasteiger partial charge is 0.471 e. The minimum absolute atomic E-state index is 0.109. The van der Waals surface area contributed by atoms with Gasteiger partial charge in [-0.25, -0.2) is 0 Å². The van der Waals surface area contributed by atoms with Crippen molar-refractivity contribution in [1.29, 1.82) is 0 Å². The van der Waals surface area contributed by atoms with Crippen molar-refractivity contribution in [2.45, 2.75) is 25.2 Å². The lowest BCUT2D eigenvalue weighted by Gasteiger charge is -2.32. The zero-order valence-electron chi connectivity index (χ0n) is 13.5. The van der Waals surface area contributed by atoms with Gasteiger partial charge in [-0.1, -0.05) is 12.1 Å². The Hall–Kier alpha value is -2.26. The molecule has 2 rings (SSSR count). The van der Waals surface area contributed by atoms with Gasteiger partial charge in [0.1, 0.15) is 0 Å². The second kappa shape index (κ2) is 7.55. The van der Waals surface area contributed by atoms with E-state index in [1.54, 1.807) is 5.32 Å². The van der Waals surface area contributed by atoms with E-state index in [0.29, 0.717) is 0 Å². The Bertz CT molecular complexity index is 663. The lowest BCUT2D eigenvalue weighted by molar-refractivity contribution is -0.173. The first kappa shape index (κ1) is 20.1. The fraction of sp³-hybridized carbons (Fsp3) is 0.500. The fourth-order valence-corrected chi connectivity index (χ4v) is 2.76. The number of nitrogens with one attached hydrogen (secondary N) is 1. The van der Waals surface area contributed by atoms with Crippen LogP contribution in [0.1, 0.15) is 28.8 Å². The molecule has 1 fully saturated rings. The van der Waals surface area contributed by atoms with Crippen LogP contribution in [0.4, 0.5) is 26.3 Å². The number of alkyl halides is 6. The van der Waals surface area contributed by atoms with E-state index < -0.39 is 35.3 Å². The zero-order valence-corrected chi connectivity index (χ0v) is 13.5. The van der Waals surface area contributed by atoms with Crippen molar-refractivity contribution < 1.29 is 35.9 Å². The zero-order chi connectivity index (χ0) is 19.5. The molecule has 26 heavy (non-hydrogen) atoms. The van der Waals surface area contributed by atoms with Gasteiger partial charge in [0.05, 0.1) is 11.1 Å². The molecular formula is C16H16F6N2O2. The minimum atomic E-state index is -4.96. The summed E-state index contributed by atoms with van der Waals surface area (Å²) in [5, 5.41) is 1.78. The van der Waals surface area contributed by atoms with Crippen LogP contribution >= 0.6 is 0 Å². The number of benzene rings is 1. The Labute approximate surface area is 145 Å². The molecule has 0 spiro atoms. The monoisotopic (exact) mass is 382 g/mol. The molecule has 1 aromatic carbocycles. The molecule has 1 saturated heterocycles. The summed E-state index contributed by atoms with van der Waals surface area (Å²) in [6, 6.07) is 4.45. The van der Waals surface area contributed by atoms with Gasteiger partial charge >= 0.3 is 18.3 Å². The van der Waals surface area contributed by atoms with Crippen LogP contribution in [-0.4, -0.2) is 42.5 Å². The van der Waals surface area contributed by atoms with Crippen molar-refractivity contribution in [3.63, 3.8) is 0 Å². The van der Waals surface area contributed by atoms with Gasteiger partial charge in [0.2, 0.25) is 0 Å². The van der Waals surface area contributed by atoms with E-state index in [1.165, 1.54) is 17.0 Å². The molecule has 0 aliphatic carbocycles. The summed E-state index contributed by atoms with van der Waals surface area (Å²) < 4.78 is 75.4. The van der Waals surface area contributed by atoms with Gasteiger partial charge in [-0.15, -0.1) is 0 Å². The molecule has 144 valence electrons. The molecule has 2 amide bonds. The average Bonchev–Trinajstić information content (AvgIpc) is 2.58. The number of hydrogen-bond donors (Lipinski definition) is 1. The van der Waals surface area contributed by atoms with Crippen molar-refractivity contribution in [3.05, 3.63) is 35.4 Å². The second-order valence-electron chi connectivity index (χ2n) is 5.99. The quantitative estimate of drug-likeness (QED) is 0.816. The van der Waals surface area contributed by atoms with E-state index in [0.717, 1.165) is 12.1 Å². The summed E-state index contributed by atoms with van der Waals surface area (Å²) >= 11 is 0. The molecule has 0 bridgehead atoms. The molecule has 1 aliphatic rings. The van der Waals surface area contributed by atoms with Crippen LogP contribution in [0, 0.1) is 5.92 Å². The standard InChI is InChI=1S/C16H16F6N2O2/c17-15(18,19)12-4-2-1-3-11(12)13(25)24-7-5-10(6-8-24)9-23-14(26)16(20,21)22/h1-4,10H,5-9H2,(H,23,26). The SMILES string of the molecule is O=C(c1ccccc1C(F)(F)F)N1CCC(CNC(=O)C(F)(F)F)CC1. The van der Waals surface area contributed by atoms with Crippen LogP contribution in [0.3, 0.4) is 0 Å². The summed E-state index contributed by atoms with van der Waals surface area (Å²) in [4.78, 5) is 24.4. The number of likely N-dealkylation sites (tertiary alicyclic amines) is 1. The molecule has 0 radical (unpaired) electrons. The second-order valence-corrected chi connectivity index (χ2v) is 5.99. The maximum atomic E-state index is 13.0. The van der Waals surface area contributed by atoms with Crippen molar-refractivity contribution in [3.8, 4) is 0 Å². The highest BCUT2D eigenvalue weighted by Gasteiger charge is 2.39. The number of piperidine rings is 1. The van der Waals surface area contributed by atoms with E-state index >= 15 is 0 Å². The molecule has 1 heterocycles. The summed E-state index contributed by atoms with van der Waals surface area (Å²) in [5.74, 6) is -3.07. The van der Waals surface area contributed by atoms with Crippen LogP contribution in [0.2, 0.25) is 0 Å². The Balaban J connectivity index is 1.94. The first-order valence-electron chi connectivity index (χ1n) is 7.80. The molecular weight excluding hydrogens is 366 g/mol. The van der Waals surface area contributed by atoms with E-state index in [2.05, 4.69) is 0 Å². The van der Waals surface area contributed by atoms with Crippen LogP contribution in [0.15, 0.2) is 24.3 Å². The van der Waals surface area contributed by atoms with E-state index in [4.69, 9.17) is 0 Å². The van der Waals surface area contributed by atoms with Crippen molar-refractivity contribution in [1.82, 2.24) is 10.2 Å². The summed E-state index contributed by atoms with van der Waals surface area (Å²) in [7, 11) is 0. The summed E-state index contributed by atoms with van der Waals surface area (Å²) in [6.07, 6.45) is -9.04. The minimum Gasteiger partial charge on any atom is -0.348 e. The molecule has 1 aromatic rings. The lowest BCUT2D eigenvalue weighted by Crippen LogP contribution is -2.44. The molecule has 0 unspecified atom stereocenters. The van der Waals surface area contributed by atoms with Crippen molar-refractivity contribution >= 4 is 11.8 Å². The number of halogens is 6. The molecule has 4 nitrogen and oxygen atoms in total. The third kappa shape index (κ3) is 4.89. The lowest BCUT2D eigenvalue weighted by atomic mass is 9.95. The predicted octanol–water partition coefficient (Wildman–Crippen LogP) is 3.24. The number of carbonyl (C=O) groups excluding carboxylic acids is 2. The van der Waals surface area contributed by atoms with Gasteiger partial charge in [0.25, 0.3) is 5.91 Å². The van der Waals surface area contributed by atoms with Gasteiger partial charge in [-0.3, -0.25) is 9.59 Å². The third-order valence-electron chi connectivity index (χ3n) is 4.17. The third-order valence-corrected chi connectivity index (χ3v) is 4.17. The van der Waals surface area contributed by atoms with E-state index in [-0.39, 0.29) is 38.4 Å². The highest BCUT2D eigenvalue weighted by Crippen LogP contribution is 2.33. The summed E-state index contributed by atoms with van der Waals surface area (Å²) in [6.45, 7) is 0.0225. The molecule has 0 saturated carbocycles. The first-order chi connectivity index (χ1) is 12.0. The first-order valence-corrected chi connectivity index (χ1v) is 7.80. The van der Waals surface area contributed by atoms with Gasteiger partial charge in [0.15, 0.2) is 0 Å². The highest BCUT2D eigenvalue weighted by molar-refractivity contribution is 5.96. The Morgan fingerprint density at radius 3 is 2.15 bits per heavy atom. The van der Waals surface area contributed by atoms with E-state index in [1.807, 2.05) is 0 Å². The predicted molar refractivity (Wildman–Crippen MR) is 79.1 cm³/mol. The number of hydrogen-bond acceptors (Lipinski definition) is 2. The van der Waals surface area contributed by atoms with Gasteiger partial charge in [0, 0.05) is 19.6 Å². The van der Waals surface area contributed by atoms with Crippen LogP contribution < -0.4 is 5.32 Å². The Morgan fingerprint density at radius 1 is 1.04 bits per heavy atom. The maximum Gasteiger partial charge on any atom is 0.471 e. The number of amides is 2. The Morgan fingerprint density at radius 2 is 1.62 bits per heavy atom. The van der Waals surface area contributed by atoms with Crippen LogP contribution in [-0.2, 0) is 11.0 Å². The van der Waals surface area contributed by atoms with Crippen LogP contribution in [0.5, 0.6) is 0 Å². The highest BCUT2D eigenvalue weighted by atomic mass is 19.4. The number of nitrogens with zero attached hydrogens (tertiary/aromatic N) is 1. The van der Waals surface area contributed by atoms with Gasteiger partial charge < -0.3 is 10.2 Å². The number of carbonyl (C=O) groups is 2. The molecule has 1 N–H and O–H groups in total. The number of rotatable bonds is 3. The normalized spacial score (nSPS) is 16.5. The van der Waals surface area contributed by atoms with Crippen LogP contribution in [0.25, 0.3) is 0 Å². The molecule has 10 heteroatoms.